The maximum atomic E-state index is 12.5. The fraction of sp³-hybridized carbons (Fsp3) is 0.606. The Kier molecular flexibility index (Phi) is 15.9. The molecular weight excluding hydrogens is 488 g/mol. The lowest BCUT2D eigenvalue weighted by atomic mass is 10.1. The molecule has 212 valence electrons. The summed E-state index contributed by atoms with van der Waals surface area (Å²) < 4.78 is 17.3. The first-order chi connectivity index (χ1) is 18.4. The molecule has 0 spiro atoms. The van der Waals surface area contributed by atoms with Crippen molar-refractivity contribution >= 4 is 14.0 Å². The molecule has 0 atom stereocenters. The van der Waals surface area contributed by atoms with E-state index in [1.165, 1.54) is 76.3 Å². The van der Waals surface area contributed by atoms with Gasteiger partial charge in [-0.15, -0.1) is 0 Å². The second-order valence-corrected chi connectivity index (χ2v) is 16.6. The minimum absolute atomic E-state index is 0.372. The van der Waals surface area contributed by atoms with Gasteiger partial charge in [-0.25, -0.2) is 4.79 Å². The number of hydrogen-bond donors (Lipinski definition) is 0. The number of unbranched alkanes of at least 4 members (excludes halogenated alkanes) is 9. The smallest absolute Gasteiger partial charge is 0.343 e. The highest BCUT2D eigenvalue weighted by Gasteiger charge is 2.18. The second kappa shape index (κ2) is 18.9. The first-order valence-electron chi connectivity index (χ1n) is 15.1. The second-order valence-electron chi connectivity index (χ2n) is 11.3. The third-order valence-electron chi connectivity index (χ3n) is 7.11. The van der Waals surface area contributed by atoms with Gasteiger partial charge in [0, 0.05) is 8.07 Å². The molecule has 0 bridgehead atoms. The van der Waals surface area contributed by atoms with Crippen LogP contribution in [0.4, 0.5) is 0 Å². The van der Waals surface area contributed by atoms with Crippen LogP contribution in [0.25, 0.3) is 0 Å². The standard InChI is InChI=1S/C33H52O4Si/c1-5-7-9-10-11-12-13-14-25-35-30-19-17-29(18-20-30)33(34)37-32-23-21-31(22-24-32)36-26-15-16-28-38(3,4)27-8-6-2/h17-24H,5-16,25-28H2,1-4H3. The van der Waals surface area contributed by atoms with E-state index in [2.05, 4.69) is 26.9 Å². The van der Waals surface area contributed by atoms with Gasteiger partial charge < -0.3 is 14.2 Å². The average molecular weight is 541 g/mol. The molecule has 2 aromatic rings. The summed E-state index contributed by atoms with van der Waals surface area (Å²) >= 11 is 0. The molecule has 0 aliphatic carbocycles. The van der Waals surface area contributed by atoms with Gasteiger partial charge in [0.1, 0.15) is 17.2 Å². The van der Waals surface area contributed by atoms with E-state index in [4.69, 9.17) is 14.2 Å². The molecule has 0 N–H and O–H groups in total. The molecule has 0 heterocycles. The third-order valence-corrected chi connectivity index (χ3v) is 10.5. The zero-order chi connectivity index (χ0) is 27.5. The number of hydrogen-bond acceptors (Lipinski definition) is 4. The molecule has 4 nitrogen and oxygen atoms in total. The van der Waals surface area contributed by atoms with Crippen molar-refractivity contribution in [3.05, 3.63) is 54.1 Å². The van der Waals surface area contributed by atoms with E-state index in [0.717, 1.165) is 30.9 Å². The van der Waals surface area contributed by atoms with Gasteiger partial charge in [-0.2, -0.15) is 0 Å². The number of carbonyl (C=O) groups is 1. The highest BCUT2D eigenvalue weighted by molar-refractivity contribution is 6.77. The van der Waals surface area contributed by atoms with Crippen LogP contribution in [-0.2, 0) is 0 Å². The number of esters is 1. The van der Waals surface area contributed by atoms with E-state index in [9.17, 15) is 4.79 Å². The molecule has 0 radical (unpaired) electrons. The van der Waals surface area contributed by atoms with Crippen molar-refractivity contribution < 1.29 is 19.0 Å². The SMILES string of the molecule is CCCCCCCCCCOc1ccc(C(=O)Oc2ccc(OCCCC[Si](C)(C)CCCC)cc2)cc1. The van der Waals surface area contributed by atoms with E-state index in [1.54, 1.807) is 24.3 Å². The predicted molar refractivity (Wildman–Crippen MR) is 163 cm³/mol. The van der Waals surface area contributed by atoms with Crippen LogP contribution < -0.4 is 14.2 Å². The van der Waals surface area contributed by atoms with Crippen LogP contribution in [0, 0.1) is 0 Å². The monoisotopic (exact) mass is 540 g/mol. The quantitative estimate of drug-likeness (QED) is 0.0684. The Hall–Kier alpha value is -2.27. The zero-order valence-electron chi connectivity index (χ0n) is 24.6. The van der Waals surface area contributed by atoms with Gasteiger partial charge >= 0.3 is 5.97 Å². The van der Waals surface area contributed by atoms with E-state index >= 15 is 0 Å². The minimum atomic E-state index is -1.03. The zero-order valence-corrected chi connectivity index (χ0v) is 25.6. The summed E-state index contributed by atoms with van der Waals surface area (Å²) in [5.41, 5.74) is 0.509. The minimum Gasteiger partial charge on any atom is -0.494 e. The molecule has 0 saturated carbocycles. The van der Waals surface area contributed by atoms with Crippen LogP contribution in [0.1, 0.15) is 101 Å². The van der Waals surface area contributed by atoms with Crippen LogP contribution in [0.3, 0.4) is 0 Å². The molecule has 0 fully saturated rings. The molecule has 38 heavy (non-hydrogen) atoms. The van der Waals surface area contributed by atoms with Crippen molar-refractivity contribution in [1.29, 1.82) is 0 Å². The molecular formula is C33H52O4Si. The van der Waals surface area contributed by atoms with Crippen molar-refractivity contribution in [3.8, 4) is 17.2 Å². The number of carbonyl (C=O) groups excluding carboxylic acids is 1. The normalized spacial score (nSPS) is 11.4. The fourth-order valence-electron chi connectivity index (χ4n) is 4.56. The summed E-state index contributed by atoms with van der Waals surface area (Å²) in [6.07, 6.45) is 15.2. The molecule has 0 aromatic heterocycles. The van der Waals surface area contributed by atoms with Gasteiger partial charge in [0.2, 0.25) is 0 Å². The number of benzene rings is 2. The summed E-state index contributed by atoms with van der Waals surface area (Å²) in [5.74, 6) is 1.74. The summed E-state index contributed by atoms with van der Waals surface area (Å²) in [7, 11) is -1.03. The van der Waals surface area contributed by atoms with Crippen LogP contribution in [0.15, 0.2) is 48.5 Å². The lowest BCUT2D eigenvalue weighted by Crippen LogP contribution is -2.24. The van der Waals surface area contributed by atoms with Crippen LogP contribution >= 0.6 is 0 Å². The molecule has 0 amide bonds. The summed E-state index contributed by atoms with van der Waals surface area (Å²) in [5, 5.41) is 0. The van der Waals surface area contributed by atoms with Crippen LogP contribution in [0.5, 0.6) is 17.2 Å². The Morgan fingerprint density at radius 2 is 1.03 bits per heavy atom. The van der Waals surface area contributed by atoms with Crippen LogP contribution in [-0.4, -0.2) is 27.3 Å². The van der Waals surface area contributed by atoms with Gasteiger partial charge in [0.15, 0.2) is 0 Å². The van der Waals surface area contributed by atoms with Gasteiger partial charge in [0.05, 0.1) is 18.8 Å². The fourth-order valence-corrected chi connectivity index (χ4v) is 7.33. The molecule has 2 rings (SSSR count). The lowest BCUT2D eigenvalue weighted by Gasteiger charge is -2.21. The van der Waals surface area contributed by atoms with E-state index in [1.807, 2.05) is 24.3 Å². The highest BCUT2D eigenvalue weighted by Crippen LogP contribution is 2.23. The summed E-state index contributed by atoms with van der Waals surface area (Å²) in [4.78, 5) is 12.5. The maximum absolute atomic E-state index is 12.5. The van der Waals surface area contributed by atoms with Gasteiger partial charge in [-0.3, -0.25) is 0 Å². The molecule has 2 aromatic carbocycles. The van der Waals surface area contributed by atoms with Crippen molar-refractivity contribution in [2.24, 2.45) is 0 Å². The molecule has 0 aliphatic heterocycles. The molecule has 0 aliphatic rings. The van der Waals surface area contributed by atoms with Crippen molar-refractivity contribution in [1.82, 2.24) is 0 Å². The van der Waals surface area contributed by atoms with E-state index in [0.29, 0.717) is 17.9 Å². The molecule has 0 saturated heterocycles. The predicted octanol–water partition coefficient (Wildman–Crippen LogP) is 10.1. The first-order valence-corrected chi connectivity index (χ1v) is 18.5. The summed E-state index contributed by atoms with van der Waals surface area (Å²) in [6.45, 7) is 11.0. The van der Waals surface area contributed by atoms with E-state index in [-0.39, 0.29) is 5.97 Å². The molecule has 0 unspecified atom stereocenters. The van der Waals surface area contributed by atoms with Gasteiger partial charge in [-0.05, 0) is 61.4 Å². The molecule has 5 heteroatoms. The Labute approximate surface area is 233 Å². The largest absolute Gasteiger partial charge is 0.494 e. The van der Waals surface area contributed by atoms with Gasteiger partial charge in [-0.1, -0.05) is 103 Å². The number of rotatable bonds is 21. The topological polar surface area (TPSA) is 44.8 Å². The lowest BCUT2D eigenvalue weighted by molar-refractivity contribution is 0.0734. The van der Waals surface area contributed by atoms with Crippen LogP contribution in [0.2, 0.25) is 25.2 Å². The summed E-state index contributed by atoms with van der Waals surface area (Å²) in [6, 6.07) is 17.3. The van der Waals surface area contributed by atoms with Gasteiger partial charge in [0.25, 0.3) is 0 Å². The average Bonchev–Trinajstić information content (AvgIpc) is 2.92. The maximum Gasteiger partial charge on any atom is 0.343 e. The Morgan fingerprint density at radius 3 is 1.61 bits per heavy atom. The highest BCUT2D eigenvalue weighted by atomic mass is 28.3. The Balaban J connectivity index is 1.62. The first kappa shape index (κ1) is 31.9. The van der Waals surface area contributed by atoms with Crippen molar-refractivity contribution in [3.63, 3.8) is 0 Å². The third kappa shape index (κ3) is 14.0. The number of ether oxygens (including phenoxy) is 3. The Morgan fingerprint density at radius 1 is 0.579 bits per heavy atom. The Bertz CT molecular complexity index is 877. The van der Waals surface area contributed by atoms with Crippen molar-refractivity contribution in [2.45, 2.75) is 116 Å². The van der Waals surface area contributed by atoms with Crippen molar-refractivity contribution in [2.75, 3.05) is 13.2 Å². The van der Waals surface area contributed by atoms with E-state index < -0.39 is 8.07 Å².